The minimum absolute atomic E-state index is 0.0329. The van der Waals surface area contributed by atoms with Crippen LogP contribution in [0.3, 0.4) is 0 Å². The zero-order chi connectivity index (χ0) is 23.7. The van der Waals surface area contributed by atoms with E-state index in [-0.39, 0.29) is 44.6 Å². The molecule has 0 bridgehead atoms. The Kier molecular flexibility index (Phi) is 6.41. The Hall–Kier alpha value is -3.34. The van der Waals surface area contributed by atoms with Gasteiger partial charge in [0.25, 0.3) is 11.5 Å². The number of nitrogens with zero attached hydrogens (tertiary/aromatic N) is 2. The lowest BCUT2D eigenvalue weighted by atomic mass is 10.1. The number of rotatable bonds is 5. The number of aromatic hydroxyl groups is 1. The van der Waals surface area contributed by atoms with Crippen molar-refractivity contribution in [3.63, 3.8) is 0 Å². The molecule has 1 fully saturated rings. The summed E-state index contributed by atoms with van der Waals surface area (Å²) in [5.74, 6) is -0.605. The number of aromatic amines is 1. The summed E-state index contributed by atoms with van der Waals surface area (Å²) in [7, 11) is 0. The van der Waals surface area contributed by atoms with Gasteiger partial charge in [-0.3, -0.25) is 14.6 Å². The van der Waals surface area contributed by atoms with Crippen molar-refractivity contribution in [3.05, 3.63) is 73.0 Å². The number of hydrogen-bond acceptors (Lipinski definition) is 7. The molecule has 33 heavy (non-hydrogen) atoms. The first kappa shape index (κ1) is 22.8. The number of amides is 1. The summed E-state index contributed by atoms with van der Waals surface area (Å²) in [6, 6.07) is 6.37. The number of phenols is 1. The van der Waals surface area contributed by atoms with Crippen LogP contribution in [-0.4, -0.2) is 43.0 Å². The molecule has 0 spiro atoms. The Labute approximate surface area is 196 Å². The predicted molar refractivity (Wildman–Crippen MR) is 120 cm³/mol. The molecule has 1 heterocycles. The maximum Gasteiger partial charge on any atom is 0.349 e. The second-order valence-corrected chi connectivity index (χ2v) is 8.26. The molecule has 3 aromatic rings. The normalized spacial score (nSPS) is 17.7. The number of ether oxygens (including phenoxy) is 1. The predicted octanol–water partition coefficient (Wildman–Crippen LogP) is 2.37. The molecule has 0 radical (unpaired) electrons. The van der Waals surface area contributed by atoms with E-state index in [1.165, 1.54) is 30.3 Å². The van der Waals surface area contributed by atoms with Gasteiger partial charge in [-0.2, -0.15) is 9.78 Å². The highest BCUT2D eigenvalue weighted by atomic mass is 35.5. The third-order valence-electron chi connectivity index (χ3n) is 5.17. The number of phenolic OH excluding ortho intramolecular Hbond substituents is 1. The lowest BCUT2D eigenvalue weighted by Crippen LogP contribution is -2.39. The van der Waals surface area contributed by atoms with Crippen molar-refractivity contribution in [3.8, 4) is 22.9 Å². The first-order valence-electron chi connectivity index (χ1n) is 9.91. The summed E-state index contributed by atoms with van der Waals surface area (Å²) in [5, 5.41) is 26.6. The number of aliphatic hydroxyl groups excluding tert-OH is 1. The molecule has 172 valence electrons. The quantitative estimate of drug-likeness (QED) is 0.427. The second kappa shape index (κ2) is 9.26. The minimum Gasteiger partial charge on any atom is -0.507 e. The van der Waals surface area contributed by atoms with Crippen molar-refractivity contribution in [1.29, 1.82) is 0 Å². The van der Waals surface area contributed by atoms with E-state index >= 15 is 0 Å². The molecule has 10 nitrogen and oxygen atoms in total. The van der Waals surface area contributed by atoms with Crippen LogP contribution in [0.5, 0.6) is 17.2 Å². The zero-order valence-corrected chi connectivity index (χ0v) is 18.4. The summed E-state index contributed by atoms with van der Waals surface area (Å²) >= 11 is 12.6. The Morgan fingerprint density at radius 2 is 1.91 bits per heavy atom. The molecule has 4 rings (SSSR count). The third-order valence-corrected chi connectivity index (χ3v) is 5.73. The molecule has 1 aliphatic rings. The average Bonchev–Trinajstić information content (AvgIpc) is 3.16. The van der Waals surface area contributed by atoms with Gasteiger partial charge in [-0.1, -0.05) is 23.2 Å². The van der Waals surface area contributed by atoms with Crippen LogP contribution >= 0.6 is 23.2 Å². The zero-order valence-electron chi connectivity index (χ0n) is 16.9. The largest absolute Gasteiger partial charge is 0.507 e. The first-order valence-corrected chi connectivity index (χ1v) is 10.7. The number of carbonyl (C=O) groups excluding carboxylic acids is 1. The summed E-state index contributed by atoms with van der Waals surface area (Å²) in [6.07, 6.45) is 2.36. The number of benzene rings is 2. The van der Waals surface area contributed by atoms with Gasteiger partial charge in [0, 0.05) is 0 Å². The van der Waals surface area contributed by atoms with Crippen molar-refractivity contribution < 1.29 is 19.7 Å². The maximum absolute atomic E-state index is 12.6. The van der Waals surface area contributed by atoms with Crippen molar-refractivity contribution >= 4 is 29.1 Å². The van der Waals surface area contributed by atoms with E-state index in [1.807, 2.05) is 0 Å². The summed E-state index contributed by atoms with van der Waals surface area (Å²) in [4.78, 5) is 37.9. The number of halogens is 2. The van der Waals surface area contributed by atoms with Crippen LogP contribution < -0.4 is 21.3 Å². The highest BCUT2D eigenvalue weighted by Gasteiger charge is 2.28. The van der Waals surface area contributed by atoms with Crippen LogP contribution in [0.2, 0.25) is 10.0 Å². The van der Waals surface area contributed by atoms with E-state index in [2.05, 4.69) is 15.4 Å². The molecule has 0 unspecified atom stereocenters. The van der Waals surface area contributed by atoms with E-state index in [4.69, 9.17) is 27.9 Å². The summed E-state index contributed by atoms with van der Waals surface area (Å²) < 4.78 is 6.65. The molecule has 2 aromatic carbocycles. The monoisotopic (exact) mass is 492 g/mol. The van der Waals surface area contributed by atoms with Gasteiger partial charge < -0.3 is 20.3 Å². The van der Waals surface area contributed by atoms with Gasteiger partial charge in [0.1, 0.15) is 17.7 Å². The Morgan fingerprint density at radius 3 is 2.55 bits per heavy atom. The highest BCUT2D eigenvalue weighted by molar-refractivity contribution is 6.37. The van der Waals surface area contributed by atoms with Crippen LogP contribution in [0, 0.1) is 0 Å². The first-order chi connectivity index (χ1) is 15.7. The van der Waals surface area contributed by atoms with E-state index in [0.717, 1.165) is 17.3 Å². The van der Waals surface area contributed by atoms with Crippen molar-refractivity contribution in [2.24, 2.45) is 0 Å². The topological polar surface area (TPSA) is 147 Å². The van der Waals surface area contributed by atoms with Crippen molar-refractivity contribution in [2.45, 2.75) is 31.4 Å². The molecule has 12 heteroatoms. The number of hydrogen-bond donors (Lipinski definition) is 4. The van der Waals surface area contributed by atoms with Gasteiger partial charge in [0.05, 0.1) is 33.4 Å². The van der Waals surface area contributed by atoms with E-state index < -0.39 is 23.3 Å². The van der Waals surface area contributed by atoms with Crippen LogP contribution in [-0.2, 0) is 0 Å². The highest BCUT2D eigenvalue weighted by Crippen LogP contribution is 2.39. The lowest BCUT2D eigenvalue weighted by molar-refractivity contribution is 0.0870. The molecule has 4 N–H and O–H groups in total. The van der Waals surface area contributed by atoms with Crippen LogP contribution in [0.1, 0.15) is 29.6 Å². The number of nitrogens with one attached hydrogen (secondary N) is 2. The van der Waals surface area contributed by atoms with Crippen LogP contribution in [0.4, 0.5) is 0 Å². The summed E-state index contributed by atoms with van der Waals surface area (Å²) in [6.45, 7) is 0. The second-order valence-electron chi connectivity index (χ2n) is 7.45. The smallest absolute Gasteiger partial charge is 0.349 e. The molecule has 1 aliphatic carbocycles. The van der Waals surface area contributed by atoms with Gasteiger partial charge >= 0.3 is 5.69 Å². The SMILES string of the molecule is O=C(N[C@H]1CCC[C@H]1O)c1cc(Oc2c(Cl)cc(-n3ncc(=O)[nH]c3=O)cc2Cl)ccc1O. The fourth-order valence-corrected chi connectivity index (χ4v) is 4.09. The Bertz CT molecular complexity index is 1320. The van der Waals surface area contributed by atoms with E-state index in [1.54, 1.807) is 0 Å². The standard InChI is InChI=1S/C21H18Cl2N4O6/c22-13-6-10(27-21(32)26-18(30)9-24-27)7-14(23)19(13)33-11-4-5-16(28)12(8-11)20(31)25-15-2-1-3-17(15)29/h4-9,15,17,28-29H,1-3H2,(H,25,31)(H,26,30,32)/t15-,17+/m0/s1. The van der Waals surface area contributed by atoms with Crippen LogP contribution in [0.25, 0.3) is 5.69 Å². The number of H-pyrrole nitrogens is 1. The molecular formula is C21H18Cl2N4O6. The van der Waals surface area contributed by atoms with Crippen molar-refractivity contribution in [1.82, 2.24) is 20.1 Å². The molecule has 2 atom stereocenters. The average molecular weight is 493 g/mol. The lowest BCUT2D eigenvalue weighted by Gasteiger charge is -2.17. The van der Waals surface area contributed by atoms with Crippen LogP contribution in [0.15, 0.2) is 46.1 Å². The fraction of sp³-hybridized carbons (Fsp3) is 0.238. The maximum atomic E-state index is 12.6. The van der Waals surface area contributed by atoms with Crippen molar-refractivity contribution in [2.75, 3.05) is 0 Å². The van der Waals surface area contributed by atoms with E-state index in [9.17, 15) is 24.6 Å². The number of aromatic nitrogens is 3. The fourth-order valence-electron chi connectivity index (χ4n) is 3.54. The van der Waals surface area contributed by atoms with Gasteiger partial charge in [0.15, 0.2) is 5.75 Å². The number of aliphatic hydroxyl groups is 1. The van der Waals surface area contributed by atoms with Gasteiger partial charge in [-0.25, -0.2) is 4.79 Å². The molecule has 1 aromatic heterocycles. The van der Waals surface area contributed by atoms with E-state index in [0.29, 0.717) is 12.8 Å². The number of carbonyl (C=O) groups is 1. The Balaban J connectivity index is 1.60. The molecule has 1 amide bonds. The van der Waals surface area contributed by atoms with Gasteiger partial charge in [-0.05, 0) is 49.6 Å². The Morgan fingerprint density at radius 1 is 1.18 bits per heavy atom. The van der Waals surface area contributed by atoms with Gasteiger partial charge in [-0.15, -0.1) is 0 Å². The summed E-state index contributed by atoms with van der Waals surface area (Å²) in [5.41, 5.74) is -1.27. The minimum atomic E-state index is -0.773. The molecule has 0 aliphatic heterocycles. The molecule has 0 saturated heterocycles. The molecular weight excluding hydrogens is 475 g/mol. The van der Waals surface area contributed by atoms with Gasteiger partial charge in [0.2, 0.25) is 0 Å². The third kappa shape index (κ3) is 4.87. The molecule has 1 saturated carbocycles.